The first-order valence-electron chi connectivity index (χ1n) is 6.66. The van der Waals surface area contributed by atoms with Crippen LogP contribution >= 0.6 is 0 Å². The zero-order chi connectivity index (χ0) is 13.7. The van der Waals surface area contributed by atoms with E-state index in [1.807, 2.05) is 6.07 Å². The summed E-state index contributed by atoms with van der Waals surface area (Å²) in [5.41, 5.74) is 3.59. The summed E-state index contributed by atoms with van der Waals surface area (Å²) in [5, 5.41) is 3.53. The van der Waals surface area contributed by atoms with Crippen LogP contribution in [-0.2, 0) is 4.74 Å². The van der Waals surface area contributed by atoms with Gasteiger partial charge in [-0.2, -0.15) is 0 Å². The number of para-hydroxylation sites is 1. The van der Waals surface area contributed by atoms with Gasteiger partial charge in [0.25, 0.3) is 0 Å². The third kappa shape index (κ3) is 3.36. The van der Waals surface area contributed by atoms with Gasteiger partial charge in [0.15, 0.2) is 0 Å². The van der Waals surface area contributed by atoms with E-state index in [1.54, 1.807) is 7.11 Å². The predicted molar refractivity (Wildman–Crippen MR) is 81.4 cm³/mol. The molecule has 2 heteroatoms. The molecule has 2 unspecified atom stereocenters. The molecule has 0 spiro atoms. The molecule has 2 aromatic rings. The second-order valence-corrected chi connectivity index (χ2v) is 4.79. The van der Waals surface area contributed by atoms with Crippen molar-refractivity contribution >= 4 is 5.69 Å². The minimum Gasteiger partial charge on any atom is -0.380 e. The molecule has 0 aliphatic heterocycles. The Hall–Kier alpha value is -1.80. The van der Waals surface area contributed by atoms with Gasteiger partial charge in [0.2, 0.25) is 0 Å². The fraction of sp³-hybridized carbons (Fsp3) is 0.294. The molecule has 0 aliphatic rings. The molecular weight excluding hydrogens is 234 g/mol. The van der Waals surface area contributed by atoms with E-state index in [1.165, 1.54) is 11.1 Å². The van der Waals surface area contributed by atoms with Crippen LogP contribution < -0.4 is 5.32 Å². The Morgan fingerprint density at radius 2 is 1.53 bits per heavy atom. The largest absolute Gasteiger partial charge is 0.380 e. The maximum absolute atomic E-state index is 5.37. The zero-order valence-corrected chi connectivity index (χ0v) is 11.8. The van der Waals surface area contributed by atoms with Crippen molar-refractivity contribution in [3.05, 3.63) is 54.6 Å². The van der Waals surface area contributed by atoms with Crippen molar-refractivity contribution in [2.45, 2.75) is 26.0 Å². The summed E-state index contributed by atoms with van der Waals surface area (Å²) in [4.78, 5) is 0. The van der Waals surface area contributed by atoms with Crippen molar-refractivity contribution in [3.63, 3.8) is 0 Å². The summed E-state index contributed by atoms with van der Waals surface area (Å²) in [6, 6.07) is 19.1. The molecule has 2 aromatic carbocycles. The Labute approximate surface area is 115 Å². The second kappa shape index (κ2) is 6.39. The van der Waals surface area contributed by atoms with Crippen molar-refractivity contribution in [2.24, 2.45) is 0 Å². The lowest BCUT2D eigenvalue weighted by molar-refractivity contribution is 0.106. The highest BCUT2D eigenvalue weighted by atomic mass is 16.5. The third-order valence-electron chi connectivity index (χ3n) is 3.47. The van der Waals surface area contributed by atoms with Crippen molar-refractivity contribution in [1.29, 1.82) is 0 Å². The molecule has 19 heavy (non-hydrogen) atoms. The molecule has 2 nitrogen and oxygen atoms in total. The molecule has 0 aromatic heterocycles. The predicted octanol–water partition coefficient (Wildman–Crippen LogP) is 4.19. The summed E-state index contributed by atoms with van der Waals surface area (Å²) in [6.07, 6.45) is 0.170. The van der Waals surface area contributed by atoms with Crippen molar-refractivity contribution in [1.82, 2.24) is 0 Å². The summed E-state index contributed by atoms with van der Waals surface area (Å²) < 4.78 is 5.37. The molecule has 2 atom stereocenters. The lowest BCUT2D eigenvalue weighted by Gasteiger charge is -2.22. The van der Waals surface area contributed by atoms with Crippen LogP contribution in [0.15, 0.2) is 54.6 Å². The first-order valence-corrected chi connectivity index (χ1v) is 6.66. The van der Waals surface area contributed by atoms with Gasteiger partial charge in [-0.05, 0) is 25.5 Å². The van der Waals surface area contributed by atoms with Crippen LogP contribution in [0, 0.1) is 0 Å². The molecule has 0 bridgehead atoms. The maximum atomic E-state index is 5.37. The number of rotatable bonds is 5. The summed E-state index contributed by atoms with van der Waals surface area (Å²) in [7, 11) is 1.74. The lowest BCUT2D eigenvalue weighted by atomic mass is 10.0. The van der Waals surface area contributed by atoms with Crippen LogP contribution in [0.2, 0.25) is 0 Å². The van der Waals surface area contributed by atoms with Crippen molar-refractivity contribution in [2.75, 3.05) is 12.4 Å². The Balaban J connectivity index is 2.27. The molecule has 0 saturated heterocycles. The average molecular weight is 255 g/mol. The normalized spacial score (nSPS) is 13.8. The lowest BCUT2D eigenvalue weighted by Crippen LogP contribution is -2.29. The summed E-state index contributed by atoms with van der Waals surface area (Å²) >= 11 is 0. The van der Waals surface area contributed by atoms with Crippen LogP contribution in [0.3, 0.4) is 0 Å². The standard InChI is InChI=1S/C17H21NO/c1-13(14(2)19-3)18-17-12-8-7-11-16(17)15-9-5-4-6-10-15/h4-14,18H,1-3H3. The number of benzene rings is 2. The van der Waals surface area contributed by atoms with E-state index < -0.39 is 0 Å². The average Bonchev–Trinajstić information content (AvgIpc) is 2.47. The van der Waals surface area contributed by atoms with Crippen molar-refractivity contribution in [3.8, 4) is 11.1 Å². The molecule has 1 N–H and O–H groups in total. The molecule has 0 heterocycles. The molecule has 0 amide bonds. The number of anilines is 1. The van der Waals surface area contributed by atoms with Gasteiger partial charge >= 0.3 is 0 Å². The van der Waals surface area contributed by atoms with Crippen LogP contribution in [0.5, 0.6) is 0 Å². The SMILES string of the molecule is COC(C)C(C)Nc1ccccc1-c1ccccc1. The zero-order valence-electron chi connectivity index (χ0n) is 11.8. The van der Waals surface area contributed by atoms with E-state index in [0.29, 0.717) is 0 Å². The first-order chi connectivity index (χ1) is 9.22. The van der Waals surface area contributed by atoms with E-state index in [9.17, 15) is 0 Å². The minimum atomic E-state index is 0.170. The van der Waals surface area contributed by atoms with Gasteiger partial charge in [-0.25, -0.2) is 0 Å². The second-order valence-electron chi connectivity index (χ2n) is 4.79. The Morgan fingerprint density at radius 3 is 2.21 bits per heavy atom. The number of hydrogen-bond acceptors (Lipinski definition) is 2. The molecular formula is C17H21NO. The van der Waals surface area contributed by atoms with Gasteiger partial charge in [0, 0.05) is 24.4 Å². The molecule has 0 aliphatic carbocycles. The topological polar surface area (TPSA) is 21.3 Å². The molecule has 0 fully saturated rings. The monoisotopic (exact) mass is 255 g/mol. The van der Waals surface area contributed by atoms with Crippen LogP contribution in [0.25, 0.3) is 11.1 Å². The van der Waals surface area contributed by atoms with Crippen LogP contribution in [0.1, 0.15) is 13.8 Å². The van der Waals surface area contributed by atoms with Crippen LogP contribution in [0.4, 0.5) is 5.69 Å². The maximum Gasteiger partial charge on any atom is 0.0741 e. The number of hydrogen-bond donors (Lipinski definition) is 1. The third-order valence-corrected chi connectivity index (χ3v) is 3.47. The fourth-order valence-electron chi connectivity index (χ4n) is 2.05. The highest BCUT2D eigenvalue weighted by Crippen LogP contribution is 2.28. The Morgan fingerprint density at radius 1 is 0.895 bits per heavy atom. The van der Waals surface area contributed by atoms with Crippen LogP contribution in [-0.4, -0.2) is 19.3 Å². The number of nitrogens with one attached hydrogen (secondary N) is 1. The van der Waals surface area contributed by atoms with Gasteiger partial charge in [-0.3, -0.25) is 0 Å². The smallest absolute Gasteiger partial charge is 0.0741 e. The minimum absolute atomic E-state index is 0.170. The van der Waals surface area contributed by atoms with Gasteiger partial charge in [-0.15, -0.1) is 0 Å². The van der Waals surface area contributed by atoms with E-state index in [4.69, 9.17) is 4.74 Å². The Kier molecular flexibility index (Phi) is 4.58. The fourth-order valence-corrected chi connectivity index (χ4v) is 2.05. The quantitative estimate of drug-likeness (QED) is 0.865. The molecule has 0 radical (unpaired) electrons. The van der Waals surface area contributed by atoms with E-state index >= 15 is 0 Å². The molecule has 2 rings (SSSR count). The summed E-state index contributed by atoms with van der Waals surface area (Å²) in [6.45, 7) is 4.21. The van der Waals surface area contributed by atoms with Gasteiger partial charge in [-0.1, -0.05) is 48.5 Å². The van der Waals surface area contributed by atoms with Gasteiger partial charge < -0.3 is 10.1 Å². The van der Waals surface area contributed by atoms with E-state index in [2.05, 4.69) is 67.7 Å². The molecule has 100 valence electrons. The highest BCUT2D eigenvalue weighted by molar-refractivity contribution is 5.77. The van der Waals surface area contributed by atoms with E-state index in [-0.39, 0.29) is 12.1 Å². The van der Waals surface area contributed by atoms with Crippen molar-refractivity contribution < 1.29 is 4.74 Å². The van der Waals surface area contributed by atoms with Gasteiger partial charge in [0.1, 0.15) is 0 Å². The van der Waals surface area contributed by atoms with Gasteiger partial charge in [0.05, 0.1) is 6.10 Å². The summed E-state index contributed by atoms with van der Waals surface area (Å²) in [5.74, 6) is 0. The number of methoxy groups -OCH3 is 1. The first kappa shape index (κ1) is 13.6. The molecule has 0 saturated carbocycles. The Bertz CT molecular complexity index is 510. The van der Waals surface area contributed by atoms with E-state index in [0.717, 1.165) is 5.69 Å². The number of ether oxygens (including phenoxy) is 1. The highest BCUT2D eigenvalue weighted by Gasteiger charge is 2.12.